The predicted octanol–water partition coefficient (Wildman–Crippen LogP) is 5.58. The lowest BCUT2D eigenvalue weighted by molar-refractivity contribution is 0.0283. The summed E-state index contributed by atoms with van der Waals surface area (Å²) in [6.45, 7) is 2.31. The molecule has 112 valence electrons. The van der Waals surface area contributed by atoms with E-state index in [-0.39, 0.29) is 0 Å². The molecule has 2 saturated carbocycles. The zero-order valence-electron chi connectivity index (χ0n) is 13.2. The van der Waals surface area contributed by atoms with Gasteiger partial charge >= 0.3 is 0 Å². The molecule has 1 heteroatoms. The second kappa shape index (κ2) is 8.29. The normalized spacial score (nSPS) is 36.3. The molecule has 0 aromatic heterocycles. The number of hydrogen-bond donors (Lipinski definition) is 0. The summed E-state index contributed by atoms with van der Waals surface area (Å²) < 4.78 is 5.60. The Morgan fingerprint density at radius 3 is 2.37 bits per heavy atom. The van der Waals surface area contributed by atoms with Crippen molar-refractivity contribution in [3.63, 3.8) is 0 Å². The van der Waals surface area contributed by atoms with Crippen LogP contribution in [0.1, 0.15) is 84.0 Å². The molecule has 0 heterocycles. The molecule has 1 nitrogen and oxygen atoms in total. The van der Waals surface area contributed by atoms with Gasteiger partial charge in [-0.15, -0.1) is 0 Å². The molecule has 0 aromatic rings. The Morgan fingerprint density at radius 1 is 0.895 bits per heavy atom. The van der Waals surface area contributed by atoms with E-state index < -0.39 is 0 Å². The fourth-order valence-electron chi connectivity index (χ4n) is 4.45. The maximum Gasteiger partial charge on any atom is 0.0574 e. The van der Waals surface area contributed by atoms with Crippen molar-refractivity contribution >= 4 is 0 Å². The van der Waals surface area contributed by atoms with Gasteiger partial charge in [-0.3, -0.25) is 0 Å². The zero-order chi connectivity index (χ0) is 13.5. The highest BCUT2D eigenvalue weighted by atomic mass is 16.5. The summed E-state index contributed by atoms with van der Waals surface area (Å²) in [5, 5.41) is 0. The number of unbranched alkanes of at least 4 members (excludes halogenated alkanes) is 2. The van der Waals surface area contributed by atoms with Crippen LogP contribution >= 0.6 is 0 Å². The van der Waals surface area contributed by atoms with Crippen molar-refractivity contribution in [2.75, 3.05) is 7.11 Å². The van der Waals surface area contributed by atoms with Crippen molar-refractivity contribution in [3.8, 4) is 0 Å². The molecule has 0 unspecified atom stereocenters. The molecule has 0 saturated heterocycles. The molecule has 2 fully saturated rings. The molecule has 0 radical (unpaired) electrons. The van der Waals surface area contributed by atoms with E-state index in [2.05, 4.69) is 6.92 Å². The Morgan fingerprint density at radius 2 is 1.68 bits per heavy atom. The molecular formula is C18H34O. The molecule has 0 aliphatic heterocycles. The summed E-state index contributed by atoms with van der Waals surface area (Å²) >= 11 is 0. The topological polar surface area (TPSA) is 9.23 Å². The third-order valence-corrected chi connectivity index (χ3v) is 5.77. The second-order valence-electron chi connectivity index (χ2n) is 7.06. The van der Waals surface area contributed by atoms with Crippen LogP contribution in [0.25, 0.3) is 0 Å². The van der Waals surface area contributed by atoms with Crippen molar-refractivity contribution in [1.82, 2.24) is 0 Å². The summed E-state index contributed by atoms with van der Waals surface area (Å²) in [5.41, 5.74) is 0. The summed E-state index contributed by atoms with van der Waals surface area (Å²) in [7, 11) is 1.90. The van der Waals surface area contributed by atoms with Crippen LogP contribution in [0.5, 0.6) is 0 Å². The molecule has 19 heavy (non-hydrogen) atoms. The Bertz CT molecular complexity index is 230. The van der Waals surface area contributed by atoms with Crippen molar-refractivity contribution in [3.05, 3.63) is 0 Å². The van der Waals surface area contributed by atoms with Crippen LogP contribution in [0, 0.1) is 17.8 Å². The van der Waals surface area contributed by atoms with Crippen LogP contribution in [0.15, 0.2) is 0 Å². The first-order chi connectivity index (χ1) is 9.33. The highest BCUT2D eigenvalue weighted by molar-refractivity contribution is 4.82. The molecule has 0 N–H and O–H groups in total. The van der Waals surface area contributed by atoms with E-state index in [0.29, 0.717) is 6.10 Å². The maximum atomic E-state index is 5.60. The Kier molecular flexibility index (Phi) is 6.70. The van der Waals surface area contributed by atoms with Gasteiger partial charge in [0.15, 0.2) is 0 Å². The van der Waals surface area contributed by atoms with Gasteiger partial charge in [0.25, 0.3) is 0 Å². The summed E-state index contributed by atoms with van der Waals surface area (Å²) in [5.74, 6) is 3.07. The molecule has 0 bridgehead atoms. The third kappa shape index (κ3) is 4.77. The molecule has 0 amide bonds. The van der Waals surface area contributed by atoms with Crippen LogP contribution in [-0.4, -0.2) is 13.2 Å². The van der Waals surface area contributed by atoms with E-state index in [1.807, 2.05) is 7.11 Å². The average molecular weight is 266 g/mol. The van der Waals surface area contributed by atoms with Crippen molar-refractivity contribution in [2.45, 2.75) is 90.1 Å². The first kappa shape index (κ1) is 15.4. The first-order valence-corrected chi connectivity index (χ1v) is 8.86. The molecule has 2 atom stereocenters. The Labute approximate surface area is 120 Å². The molecule has 2 rings (SSSR count). The highest BCUT2D eigenvalue weighted by Gasteiger charge is 2.31. The zero-order valence-corrected chi connectivity index (χ0v) is 13.2. The maximum absolute atomic E-state index is 5.60. The van der Waals surface area contributed by atoms with Crippen molar-refractivity contribution in [2.24, 2.45) is 17.8 Å². The summed E-state index contributed by atoms with van der Waals surface area (Å²) in [6.07, 6.45) is 18.0. The third-order valence-electron chi connectivity index (χ3n) is 5.77. The van der Waals surface area contributed by atoms with Gasteiger partial charge in [-0.1, -0.05) is 51.9 Å². The minimum atomic E-state index is 0.570. The van der Waals surface area contributed by atoms with Crippen molar-refractivity contribution in [1.29, 1.82) is 0 Å². The molecule has 0 spiro atoms. The minimum Gasteiger partial charge on any atom is -0.381 e. The van der Waals surface area contributed by atoms with Gasteiger partial charge in [0.2, 0.25) is 0 Å². The Balaban J connectivity index is 1.67. The SMILES string of the molecule is CCCCC[C@H]1CC[C@@H]([C@@H]2CCC[C@@H](OC)C2)CC1. The van der Waals surface area contributed by atoms with Crippen LogP contribution < -0.4 is 0 Å². The van der Waals surface area contributed by atoms with Gasteiger partial charge in [-0.2, -0.15) is 0 Å². The monoisotopic (exact) mass is 266 g/mol. The number of rotatable bonds is 6. The van der Waals surface area contributed by atoms with Crippen LogP contribution in [0.3, 0.4) is 0 Å². The number of ether oxygens (including phenoxy) is 1. The summed E-state index contributed by atoms with van der Waals surface area (Å²) in [6, 6.07) is 0. The lowest BCUT2D eigenvalue weighted by Crippen LogP contribution is -2.29. The highest BCUT2D eigenvalue weighted by Crippen LogP contribution is 2.41. The van der Waals surface area contributed by atoms with E-state index in [9.17, 15) is 0 Å². The van der Waals surface area contributed by atoms with E-state index in [1.165, 1.54) is 77.0 Å². The molecule has 2 aliphatic rings. The lowest BCUT2D eigenvalue weighted by atomic mass is 9.70. The first-order valence-electron chi connectivity index (χ1n) is 8.86. The second-order valence-corrected chi connectivity index (χ2v) is 7.06. The quantitative estimate of drug-likeness (QED) is 0.570. The van der Waals surface area contributed by atoms with Gasteiger partial charge in [-0.05, 0) is 49.9 Å². The van der Waals surface area contributed by atoms with Crippen molar-refractivity contribution < 1.29 is 4.74 Å². The largest absolute Gasteiger partial charge is 0.381 e. The predicted molar refractivity (Wildman–Crippen MR) is 82.3 cm³/mol. The molecular weight excluding hydrogens is 232 g/mol. The molecule has 0 aromatic carbocycles. The smallest absolute Gasteiger partial charge is 0.0574 e. The minimum absolute atomic E-state index is 0.570. The Hall–Kier alpha value is -0.0400. The van der Waals surface area contributed by atoms with Gasteiger partial charge < -0.3 is 4.74 Å². The standard InChI is InChI=1S/C18H34O/c1-3-4-5-7-15-10-12-16(13-11-15)17-8-6-9-18(14-17)19-2/h15-18H,3-14H2,1-2H3/t15-,16+,17-,18-/m1/s1. The fraction of sp³-hybridized carbons (Fsp3) is 1.00. The summed E-state index contributed by atoms with van der Waals surface area (Å²) in [4.78, 5) is 0. The van der Waals surface area contributed by atoms with E-state index in [4.69, 9.17) is 4.74 Å². The average Bonchev–Trinajstić information content (AvgIpc) is 2.48. The van der Waals surface area contributed by atoms with E-state index in [1.54, 1.807) is 0 Å². The fourth-order valence-corrected chi connectivity index (χ4v) is 4.45. The van der Waals surface area contributed by atoms with E-state index >= 15 is 0 Å². The van der Waals surface area contributed by atoms with Crippen LogP contribution in [0.2, 0.25) is 0 Å². The number of hydrogen-bond acceptors (Lipinski definition) is 1. The number of methoxy groups -OCH3 is 1. The molecule has 2 aliphatic carbocycles. The van der Waals surface area contributed by atoms with Gasteiger partial charge in [0.05, 0.1) is 6.10 Å². The van der Waals surface area contributed by atoms with Gasteiger partial charge in [0, 0.05) is 7.11 Å². The van der Waals surface area contributed by atoms with Crippen LogP contribution in [0.4, 0.5) is 0 Å². The van der Waals surface area contributed by atoms with E-state index in [0.717, 1.165) is 17.8 Å². The van der Waals surface area contributed by atoms with Gasteiger partial charge in [-0.25, -0.2) is 0 Å². The van der Waals surface area contributed by atoms with Gasteiger partial charge in [0.1, 0.15) is 0 Å². The lowest BCUT2D eigenvalue weighted by Gasteiger charge is -2.38. The van der Waals surface area contributed by atoms with Crippen LogP contribution in [-0.2, 0) is 4.74 Å².